The van der Waals surface area contributed by atoms with Gasteiger partial charge in [0, 0.05) is 21.2 Å². The Balaban J connectivity index is 2.31. The second-order valence-corrected chi connectivity index (χ2v) is 6.25. The molecule has 0 unspecified atom stereocenters. The molecule has 1 nitrogen and oxygen atoms in total. The summed E-state index contributed by atoms with van der Waals surface area (Å²) in [6, 6.07) is 13.3. The third-order valence-electron chi connectivity index (χ3n) is 3.50. The van der Waals surface area contributed by atoms with Gasteiger partial charge in [0.05, 0.1) is 5.39 Å². The topological polar surface area (TPSA) is 3.88 Å². The summed E-state index contributed by atoms with van der Waals surface area (Å²) in [4.78, 5) is 2.85. The summed E-state index contributed by atoms with van der Waals surface area (Å²) in [6.07, 6.45) is 4.34. The Labute approximate surface area is 114 Å². The number of nitrogens with zero attached hydrogens (tertiary/aromatic N) is 1. The molecule has 18 heavy (non-hydrogen) atoms. The molecule has 0 amide bonds. The van der Waals surface area contributed by atoms with Gasteiger partial charge in [-0.25, -0.2) is 0 Å². The van der Waals surface area contributed by atoms with Gasteiger partial charge in [0.25, 0.3) is 0 Å². The molecule has 0 spiro atoms. The summed E-state index contributed by atoms with van der Waals surface area (Å²) in [5.74, 6) is 1.01. The van der Waals surface area contributed by atoms with Gasteiger partial charge in [-0.15, -0.1) is 11.8 Å². The molecule has 0 radical (unpaired) electrons. The molecule has 3 aromatic rings. The molecule has 1 aromatic heterocycles. The number of aromatic nitrogens is 1. The number of benzene rings is 2. The molecule has 3 heteroatoms. The van der Waals surface area contributed by atoms with Crippen LogP contribution in [0, 0.1) is 0 Å². The van der Waals surface area contributed by atoms with Crippen LogP contribution in [0.3, 0.4) is 0 Å². The van der Waals surface area contributed by atoms with Crippen LogP contribution in [0.1, 0.15) is 0 Å². The largest absolute Gasteiger partial charge is 0.222 e. The summed E-state index contributed by atoms with van der Waals surface area (Å²) in [6.45, 7) is 0. The predicted molar refractivity (Wildman–Crippen MR) is 79.3 cm³/mol. The average Bonchev–Trinajstić information content (AvgIpc) is 2.44. The van der Waals surface area contributed by atoms with Crippen LogP contribution in [0.25, 0.3) is 21.7 Å². The Kier molecular flexibility index (Phi) is 2.32. The molecule has 0 fully saturated rings. The van der Waals surface area contributed by atoms with E-state index in [9.17, 15) is 0 Å². The van der Waals surface area contributed by atoms with Gasteiger partial charge in [0.15, 0.2) is 12.1 Å². The van der Waals surface area contributed by atoms with Gasteiger partial charge >= 0.3 is 0 Å². The van der Waals surface area contributed by atoms with Gasteiger partial charge in [0.2, 0.25) is 5.52 Å². The fourth-order valence-corrected chi connectivity index (χ4v) is 4.65. The number of rotatable bonds is 1. The van der Waals surface area contributed by atoms with E-state index in [-0.39, 0.29) is 0 Å². The number of hydrogen-bond acceptors (Lipinski definition) is 2. The van der Waals surface area contributed by atoms with Gasteiger partial charge in [-0.3, -0.25) is 0 Å². The molecule has 1 aliphatic rings. The van der Waals surface area contributed by atoms with Crippen LogP contribution in [0.4, 0.5) is 0 Å². The van der Waals surface area contributed by atoms with E-state index in [0.717, 1.165) is 5.88 Å². The van der Waals surface area contributed by atoms with Crippen molar-refractivity contribution in [1.29, 1.82) is 0 Å². The Bertz CT molecular complexity index is 780. The third-order valence-corrected chi connectivity index (χ3v) is 5.53. The number of thioether (sulfide) groups is 2. The molecular formula is C15H12NS2+. The van der Waals surface area contributed by atoms with Crippen LogP contribution in [-0.2, 0) is 5.88 Å². The first-order valence-electron chi connectivity index (χ1n) is 5.93. The minimum absolute atomic E-state index is 1.01. The zero-order valence-electron chi connectivity index (χ0n) is 10.0. The quantitative estimate of drug-likeness (QED) is 0.373. The monoisotopic (exact) mass is 270 g/mol. The fraction of sp³-hybridized carbons (Fsp3) is 0.133. The van der Waals surface area contributed by atoms with Crippen molar-refractivity contribution in [2.24, 2.45) is 0 Å². The van der Waals surface area contributed by atoms with Crippen LogP contribution in [-0.4, -0.2) is 6.26 Å². The van der Waals surface area contributed by atoms with E-state index >= 15 is 0 Å². The number of hydrogen-bond donors (Lipinski definition) is 0. The minimum Gasteiger partial charge on any atom is -0.188 e. The lowest BCUT2D eigenvalue weighted by Gasteiger charge is -2.15. The van der Waals surface area contributed by atoms with E-state index in [1.807, 2.05) is 23.5 Å². The van der Waals surface area contributed by atoms with Crippen molar-refractivity contribution in [2.75, 3.05) is 6.26 Å². The van der Waals surface area contributed by atoms with Crippen LogP contribution in [0.2, 0.25) is 0 Å². The summed E-state index contributed by atoms with van der Waals surface area (Å²) in [5, 5.41) is 4.11. The Hall–Kier alpha value is -1.19. The summed E-state index contributed by atoms with van der Waals surface area (Å²) >= 11 is 3.79. The highest BCUT2D eigenvalue weighted by molar-refractivity contribution is 8.01. The van der Waals surface area contributed by atoms with Gasteiger partial charge in [-0.2, -0.15) is 4.57 Å². The van der Waals surface area contributed by atoms with Crippen LogP contribution >= 0.6 is 23.5 Å². The molecule has 2 heterocycles. The van der Waals surface area contributed by atoms with E-state index < -0.39 is 0 Å². The van der Waals surface area contributed by atoms with Gasteiger partial charge in [-0.1, -0.05) is 23.9 Å². The van der Waals surface area contributed by atoms with Gasteiger partial charge in [-0.05, 0) is 29.8 Å². The van der Waals surface area contributed by atoms with Crippen molar-refractivity contribution in [3.05, 3.63) is 42.6 Å². The Morgan fingerprint density at radius 3 is 2.83 bits per heavy atom. The second kappa shape index (κ2) is 3.90. The first-order valence-corrected chi connectivity index (χ1v) is 8.14. The molecule has 0 saturated heterocycles. The van der Waals surface area contributed by atoms with Gasteiger partial charge < -0.3 is 0 Å². The Morgan fingerprint density at radius 2 is 1.94 bits per heavy atom. The average molecular weight is 270 g/mol. The SMILES string of the molecule is CSc1ccc2ccc3ccc[n+]4c3c2c1SC4. The molecule has 0 saturated carbocycles. The second-order valence-electron chi connectivity index (χ2n) is 4.45. The van der Waals surface area contributed by atoms with E-state index in [1.165, 1.54) is 31.5 Å². The van der Waals surface area contributed by atoms with Crippen molar-refractivity contribution in [3.63, 3.8) is 0 Å². The van der Waals surface area contributed by atoms with Crippen LogP contribution < -0.4 is 4.57 Å². The van der Waals surface area contributed by atoms with Crippen LogP contribution in [0.5, 0.6) is 0 Å². The Morgan fingerprint density at radius 1 is 1.11 bits per heavy atom. The van der Waals surface area contributed by atoms with E-state index in [2.05, 4.69) is 53.4 Å². The molecular weight excluding hydrogens is 258 g/mol. The smallest absolute Gasteiger partial charge is 0.188 e. The minimum atomic E-state index is 1.01. The lowest BCUT2D eigenvalue weighted by Crippen LogP contribution is -2.34. The maximum atomic E-state index is 2.36. The van der Waals surface area contributed by atoms with Crippen molar-refractivity contribution >= 4 is 45.2 Å². The molecule has 0 bridgehead atoms. The van der Waals surface area contributed by atoms with E-state index in [4.69, 9.17) is 0 Å². The molecule has 88 valence electrons. The summed E-state index contributed by atoms with van der Waals surface area (Å²) in [5.41, 5.74) is 1.39. The molecule has 0 atom stereocenters. The van der Waals surface area contributed by atoms with E-state index in [1.54, 1.807) is 0 Å². The molecule has 0 aliphatic carbocycles. The summed E-state index contributed by atoms with van der Waals surface area (Å²) < 4.78 is 2.36. The zero-order chi connectivity index (χ0) is 12.1. The molecule has 0 N–H and O–H groups in total. The van der Waals surface area contributed by atoms with Crippen LogP contribution in [0.15, 0.2) is 52.4 Å². The van der Waals surface area contributed by atoms with Crippen molar-refractivity contribution in [2.45, 2.75) is 15.7 Å². The lowest BCUT2D eigenvalue weighted by molar-refractivity contribution is -0.649. The standard InChI is InChI=1S/C15H12NS2/c1-17-12-7-6-10-4-5-11-3-2-8-16-9-18-15(12)13(10)14(11)16/h2-8H,9H2,1H3/q+1. The van der Waals surface area contributed by atoms with Gasteiger partial charge in [0.1, 0.15) is 0 Å². The van der Waals surface area contributed by atoms with E-state index in [0.29, 0.717) is 0 Å². The fourth-order valence-electron chi connectivity index (χ4n) is 2.68. The maximum Gasteiger partial charge on any atom is 0.222 e. The third kappa shape index (κ3) is 1.35. The molecule has 4 rings (SSSR count). The van der Waals surface area contributed by atoms with Crippen molar-refractivity contribution in [3.8, 4) is 0 Å². The highest BCUT2D eigenvalue weighted by Gasteiger charge is 2.23. The lowest BCUT2D eigenvalue weighted by atomic mass is 10.1. The van der Waals surface area contributed by atoms with Crippen molar-refractivity contribution < 1.29 is 4.57 Å². The zero-order valence-corrected chi connectivity index (χ0v) is 11.6. The first-order chi connectivity index (χ1) is 8.88. The predicted octanol–water partition coefficient (Wildman–Crippen LogP) is 4.07. The van der Waals surface area contributed by atoms with Crippen molar-refractivity contribution in [1.82, 2.24) is 0 Å². The highest BCUT2D eigenvalue weighted by atomic mass is 32.2. The normalized spacial score (nSPS) is 13.6. The molecule has 1 aliphatic heterocycles. The first kappa shape index (κ1) is 10.7. The number of pyridine rings is 1. The highest BCUT2D eigenvalue weighted by Crippen LogP contribution is 2.41. The maximum absolute atomic E-state index is 2.36. The molecule has 2 aromatic carbocycles. The summed E-state index contributed by atoms with van der Waals surface area (Å²) in [7, 11) is 0.